The molecule has 1 aliphatic heterocycles. The summed E-state index contributed by atoms with van der Waals surface area (Å²) in [5, 5.41) is 16.7. The fourth-order valence-corrected chi connectivity index (χ4v) is 3.54. The highest BCUT2D eigenvalue weighted by Crippen LogP contribution is 2.18. The lowest BCUT2D eigenvalue weighted by Gasteiger charge is -2.30. The molecule has 0 bridgehead atoms. The van der Waals surface area contributed by atoms with Gasteiger partial charge in [0.1, 0.15) is 0 Å². The Morgan fingerprint density at radius 2 is 2.18 bits per heavy atom. The fraction of sp³-hybridized carbons (Fsp3) is 0.471. The maximum absolute atomic E-state index is 10.2. The molecule has 2 N–H and O–H groups in total. The number of thiazole rings is 1. The Hall–Kier alpha value is -1.27. The highest BCUT2D eigenvalue weighted by Gasteiger charge is 2.18. The van der Waals surface area contributed by atoms with Gasteiger partial charge in [0.15, 0.2) is 0 Å². The van der Waals surface area contributed by atoms with E-state index in [1.807, 2.05) is 6.92 Å². The van der Waals surface area contributed by atoms with Crippen LogP contribution in [0.4, 0.5) is 0 Å². The number of nitrogens with one attached hydrogen (secondary N) is 1. The van der Waals surface area contributed by atoms with Gasteiger partial charge in [0.05, 0.1) is 16.8 Å². The van der Waals surface area contributed by atoms with Crippen LogP contribution in [0.5, 0.6) is 0 Å². The summed E-state index contributed by atoms with van der Waals surface area (Å²) in [7, 11) is 0. The van der Waals surface area contributed by atoms with Gasteiger partial charge in [0, 0.05) is 38.1 Å². The van der Waals surface area contributed by atoms with Crippen molar-refractivity contribution in [2.24, 2.45) is 0 Å². The van der Waals surface area contributed by atoms with E-state index in [0.717, 1.165) is 43.3 Å². The number of benzene rings is 1. The van der Waals surface area contributed by atoms with Gasteiger partial charge in [-0.2, -0.15) is 0 Å². The zero-order valence-electron chi connectivity index (χ0n) is 13.0. The first-order valence-electron chi connectivity index (χ1n) is 7.79. The molecule has 22 heavy (non-hydrogen) atoms. The molecule has 2 heterocycles. The smallest absolute Gasteiger partial charge is 0.0897 e. The maximum Gasteiger partial charge on any atom is 0.0897 e. The van der Waals surface area contributed by atoms with Crippen LogP contribution in [0, 0.1) is 6.92 Å². The van der Waals surface area contributed by atoms with Crippen LogP contribution in [0.15, 0.2) is 29.6 Å². The summed E-state index contributed by atoms with van der Waals surface area (Å²) in [6.07, 6.45) is 0.735. The van der Waals surface area contributed by atoms with Gasteiger partial charge in [0.2, 0.25) is 0 Å². The Labute approximate surface area is 135 Å². The number of aliphatic hydroxyl groups excluding tert-OH is 1. The Morgan fingerprint density at radius 1 is 1.36 bits per heavy atom. The van der Waals surface area contributed by atoms with Gasteiger partial charge in [-0.25, -0.2) is 4.98 Å². The summed E-state index contributed by atoms with van der Waals surface area (Å²) in [5.74, 6) is 0. The number of nitrogens with zero attached hydrogens (tertiary/aromatic N) is 2. The van der Waals surface area contributed by atoms with Crippen LogP contribution in [0.25, 0.3) is 0 Å². The van der Waals surface area contributed by atoms with E-state index in [-0.39, 0.29) is 6.10 Å². The number of hydrogen-bond acceptors (Lipinski definition) is 5. The van der Waals surface area contributed by atoms with Crippen molar-refractivity contribution in [2.75, 3.05) is 19.6 Å². The normalized spacial score (nSPS) is 16.5. The summed E-state index contributed by atoms with van der Waals surface area (Å²) in [6, 6.07) is 8.60. The molecule has 5 heteroatoms. The van der Waals surface area contributed by atoms with Crippen LogP contribution in [0.3, 0.4) is 0 Å². The number of rotatable bonds is 6. The second-order valence-corrected chi connectivity index (χ2v) is 6.96. The van der Waals surface area contributed by atoms with E-state index in [4.69, 9.17) is 0 Å². The third-order valence-electron chi connectivity index (χ3n) is 4.03. The lowest BCUT2D eigenvalue weighted by molar-refractivity contribution is 0.104. The van der Waals surface area contributed by atoms with Crippen molar-refractivity contribution >= 4 is 11.3 Å². The molecule has 0 radical (unpaired) electrons. The molecule has 0 saturated carbocycles. The zero-order chi connectivity index (χ0) is 15.4. The van der Waals surface area contributed by atoms with Gasteiger partial charge in [-0.05, 0) is 24.5 Å². The van der Waals surface area contributed by atoms with Gasteiger partial charge < -0.3 is 10.4 Å². The molecule has 1 aliphatic rings. The molecule has 3 rings (SSSR count). The topological polar surface area (TPSA) is 48.4 Å². The predicted octanol–water partition coefficient (Wildman–Crippen LogP) is 1.96. The van der Waals surface area contributed by atoms with Crippen molar-refractivity contribution in [3.63, 3.8) is 0 Å². The van der Waals surface area contributed by atoms with Crippen LogP contribution < -0.4 is 5.32 Å². The lowest BCUT2D eigenvalue weighted by Crippen LogP contribution is -2.40. The standard InChI is InChI=1S/C17H23N3OS/c1-13-19-16(12-22-13)8-18-9-17(21)11-20-7-6-14-4-2-3-5-15(14)10-20/h2-5,12,17-18,21H,6-11H2,1H3. The van der Waals surface area contributed by atoms with Crippen molar-refractivity contribution in [1.82, 2.24) is 15.2 Å². The number of fused-ring (bicyclic) bond motifs is 1. The summed E-state index contributed by atoms with van der Waals surface area (Å²) in [6.45, 7) is 6.03. The van der Waals surface area contributed by atoms with E-state index in [2.05, 4.69) is 44.8 Å². The summed E-state index contributed by atoms with van der Waals surface area (Å²) in [5.41, 5.74) is 3.90. The van der Waals surface area contributed by atoms with Crippen LogP contribution in [0.1, 0.15) is 21.8 Å². The fourth-order valence-electron chi connectivity index (χ4n) is 2.93. The van der Waals surface area contributed by atoms with Gasteiger partial charge in [-0.3, -0.25) is 4.90 Å². The number of β-amino-alcohol motifs (C(OH)–C–C–N with tert-alkyl or cyclic N) is 1. The van der Waals surface area contributed by atoms with Crippen LogP contribution in [-0.4, -0.2) is 40.7 Å². The van der Waals surface area contributed by atoms with Crippen molar-refractivity contribution in [3.05, 3.63) is 51.5 Å². The highest BCUT2D eigenvalue weighted by molar-refractivity contribution is 7.09. The van der Waals surface area contributed by atoms with Crippen molar-refractivity contribution in [2.45, 2.75) is 32.5 Å². The quantitative estimate of drug-likeness (QED) is 0.855. The molecule has 118 valence electrons. The minimum atomic E-state index is -0.343. The molecule has 4 nitrogen and oxygen atoms in total. The second-order valence-electron chi connectivity index (χ2n) is 5.90. The van der Waals surface area contributed by atoms with Gasteiger partial charge >= 0.3 is 0 Å². The molecule has 0 amide bonds. The zero-order valence-corrected chi connectivity index (χ0v) is 13.8. The van der Waals surface area contributed by atoms with Crippen LogP contribution >= 0.6 is 11.3 Å². The van der Waals surface area contributed by atoms with E-state index < -0.39 is 0 Å². The van der Waals surface area contributed by atoms with Gasteiger partial charge in [-0.15, -0.1) is 11.3 Å². The highest BCUT2D eigenvalue weighted by atomic mass is 32.1. The number of aryl methyl sites for hydroxylation is 1. The minimum absolute atomic E-state index is 0.343. The third kappa shape index (κ3) is 4.14. The van der Waals surface area contributed by atoms with E-state index in [1.165, 1.54) is 11.1 Å². The molecule has 1 aromatic heterocycles. The molecule has 0 saturated heterocycles. The molecule has 1 aromatic carbocycles. The van der Waals surface area contributed by atoms with E-state index in [0.29, 0.717) is 6.54 Å². The lowest BCUT2D eigenvalue weighted by atomic mass is 10.00. The third-order valence-corrected chi connectivity index (χ3v) is 4.85. The Bertz CT molecular complexity index is 613. The van der Waals surface area contributed by atoms with Gasteiger partial charge in [0.25, 0.3) is 0 Å². The summed E-state index contributed by atoms with van der Waals surface area (Å²) >= 11 is 1.66. The number of hydrogen-bond donors (Lipinski definition) is 2. The van der Waals surface area contributed by atoms with Crippen molar-refractivity contribution in [3.8, 4) is 0 Å². The number of aliphatic hydroxyl groups is 1. The van der Waals surface area contributed by atoms with Crippen LogP contribution in [0.2, 0.25) is 0 Å². The Morgan fingerprint density at radius 3 is 2.95 bits per heavy atom. The maximum atomic E-state index is 10.2. The Balaban J connectivity index is 1.42. The van der Waals surface area contributed by atoms with E-state index >= 15 is 0 Å². The first-order chi connectivity index (χ1) is 10.7. The molecule has 0 fully saturated rings. The van der Waals surface area contributed by atoms with Crippen LogP contribution in [-0.2, 0) is 19.5 Å². The summed E-state index contributed by atoms with van der Waals surface area (Å²) in [4.78, 5) is 6.75. The van der Waals surface area contributed by atoms with Crippen molar-refractivity contribution in [1.29, 1.82) is 0 Å². The monoisotopic (exact) mass is 317 g/mol. The first kappa shape index (κ1) is 15.6. The predicted molar refractivity (Wildman–Crippen MR) is 90.0 cm³/mol. The average molecular weight is 317 g/mol. The minimum Gasteiger partial charge on any atom is -0.390 e. The molecular weight excluding hydrogens is 294 g/mol. The Kier molecular flexibility index (Phi) is 5.20. The summed E-state index contributed by atoms with van der Waals surface area (Å²) < 4.78 is 0. The van der Waals surface area contributed by atoms with E-state index in [9.17, 15) is 5.11 Å². The largest absolute Gasteiger partial charge is 0.390 e. The second kappa shape index (κ2) is 7.33. The van der Waals surface area contributed by atoms with Gasteiger partial charge in [-0.1, -0.05) is 24.3 Å². The molecule has 1 atom stereocenters. The molecule has 2 aromatic rings. The number of aromatic nitrogens is 1. The van der Waals surface area contributed by atoms with E-state index in [1.54, 1.807) is 11.3 Å². The first-order valence-corrected chi connectivity index (χ1v) is 8.67. The SMILES string of the molecule is Cc1nc(CNCC(O)CN2CCc3ccccc3C2)cs1. The molecular formula is C17H23N3OS. The van der Waals surface area contributed by atoms with Crippen molar-refractivity contribution < 1.29 is 5.11 Å². The molecule has 0 spiro atoms. The molecule has 1 unspecified atom stereocenters. The molecule has 0 aliphatic carbocycles. The average Bonchev–Trinajstić information content (AvgIpc) is 2.92.